The highest BCUT2D eigenvalue weighted by Gasteiger charge is 2.33. The van der Waals surface area contributed by atoms with E-state index >= 15 is 0 Å². The Morgan fingerprint density at radius 1 is 1.16 bits per heavy atom. The third-order valence-electron chi connectivity index (χ3n) is 5.38. The lowest BCUT2D eigenvalue weighted by Crippen LogP contribution is -2.42. The molecule has 0 unspecified atom stereocenters. The van der Waals surface area contributed by atoms with Crippen molar-refractivity contribution in [1.29, 1.82) is 0 Å². The Labute approximate surface area is 152 Å². The van der Waals surface area contributed by atoms with E-state index in [2.05, 4.69) is 29.2 Å². The maximum Gasteiger partial charge on any atom is 0.213 e. The molecular weight excluding hydrogens is 336 g/mol. The van der Waals surface area contributed by atoms with Crippen molar-refractivity contribution in [3.8, 4) is 5.75 Å². The van der Waals surface area contributed by atoms with Crippen molar-refractivity contribution < 1.29 is 13.2 Å². The lowest BCUT2D eigenvalue weighted by molar-refractivity contribution is 0.0575. The Morgan fingerprint density at radius 3 is 2.40 bits per heavy atom. The van der Waals surface area contributed by atoms with Gasteiger partial charge in [0.15, 0.2) is 0 Å². The van der Waals surface area contributed by atoms with Crippen molar-refractivity contribution in [3.63, 3.8) is 0 Å². The predicted octanol–water partition coefficient (Wildman–Crippen LogP) is 2.72. The minimum Gasteiger partial charge on any atom is -0.490 e. The first kappa shape index (κ1) is 18.7. The van der Waals surface area contributed by atoms with Crippen molar-refractivity contribution >= 4 is 10.0 Å². The normalized spacial score (nSPS) is 24.4. The van der Waals surface area contributed by atoms with Crippen LogP contribution in [0, 0.1) is 5.92 Å². The first-order valence-corrected chi connectivity index (χ1v) is 11.0. The molecule has 2 fully saturated rings. The molecule has 0 spiro atoms. The summed E-state index contributed by atoms with van der Waals surface area (Å²) < 4.78 is 31.1. The Morgan fingerprint density at radius 2 is 1.80 bits per heavy atom. The van der Waals surface area contributed by atoms with Gasteiger partial charge in [0.25, 0.3) is 0 Å². The highest BCUT2D eigenvalue weighted by atomic mass is 32.2. The summed E-state index contributed by atoms with van der Waals surface area (Å²) >= 11 is 0. The average molecular weight is 367 g/mol. The fraction of sp³-hybridized carbons (Fsp3) is 0.684. The van der Waals surface area contributed by atoms with Gasteiger partial charge < -0.3 is 4.74 Å². The molecule has 1 saturated heterocycles. The number of hydrogen-bond acceptors (Lipinski definition) is 4. The van der Waals surface area contributed by atoms with E-state index in [1.165, 1.54) is 35.8 Å². The Hall–Kier alpha value is -1.11. The number of hydrogen-bond donors (Lipinski definition) is 0. The molecule has 0 amide bonds. The molecule has 25 heavy (non-hydrogen) atoms. The molecule has 3 rings (SSSR count). The predicted molar refractivity (Wildman–Crippen MR) is 100 cm³/mol. The van der Waals surface area contributed by atoms with Gasteiger partial charge in [-0.1, -0.05) is 12.1 Å². The quantitative estimate of drug-likeness (QED) is 0.710. The van der Waals surface area contributed by atoms with Crippen molar-refractivity contribution in [2.45, 2.75) is 45.3 Å². The summed E-state index contributed by atoms with van der Waals surface area (Å²) in [6.07, 6.45) is 4.71. The van der Waals surface area contributed by atoms with Crippen LogP contribution in [0.2, 0.25) is 0 Å². The highest BCUT2D eigenvalue weighted by Crippen LogP contribution is 2.32. The summed E-state index contributed by atoms with van der Waals surface area (Å²) in [6.45, 7) is 5.74. The SMILES string of the molecule is CCS(=O)(=O)N(C)CC1CC(Oc2ccc(CN3CCCC3)cc2)C1. The molecule has 0 radical (unpaired) electrons. The van der Waals surface area contributed by atoms with Crippen molar-refractivity contribution in [1.82, 2.24) is 9.21 Å². The van der Waals surface area contributed by atoms with Crippen molar-refractivity contribution in [2.75, 3.05) is 32.4 Å². The summed E-state index contributed by atoms with van der Waals surface area (Å²) in [5, 5.41) is 0. The minimum atomic E-state index is -3.07. The molecule has 6 heteroatoms. The monoisotopic (exact) mass is 366 g/mol. The Kier molecular flexibility index (Phi) is 6.02. The highest BCUT2D eigenvalue weighted by molar-refractivity contribution is 7.89. The van der Waals surface area contributed by atoms with Crippen LogP contribution in [0.4, 0.5) is 0 Å². The van der Waals surface area contributed by atoms with E-state index in [1.807, 2.05) is 0 Å². The van der Waals surface area contributed by atoms with Crippen LogP contribution in [0.3, 0.4) is 0 Å². The van der Waals surface area contributed by atoms with E-state index in [1.54, 1.807) is 14.0 Å². The van der Waals surface area contributed by atoms with Gasteiger partial charge >= 0.3 is 0 Å². The lowest BCUT2D eigenvalue weighted by Gasteiger charge is -2.37. The number of sulfonamides is 1. The molecule has 2 aliphatic rings. The van der Waals surface area contributed by atoms with Crippen LogP contribution in [0.5, 0.6) is 5.75 Å². The first-order chi connectivity index (χ1) is 12.0. The van der Waals surface area contributed by atoms with Gasteiger partial charge in [-0.25, -0.2) is 12.7 Å². The molecule has 0 N–H and O–H groups in total. The van der Waals surface area contributed by atoms with E-state index in [0.717, 1.165) is 25.1 Å². The second-order valence-electron chi connectivity index (χ2n) is 7.39. The standard InChI is InChI=1S/C19H30N2O3S/c1-3-25(22,23)20(2)14-17-12-19(13-17)24-18-8-6-16(7-9-18)15-21-10-4-5-11-21/h6-9,17,19H,3-5,10-15H2,1-2H3. The minimum absolute atomic E-state index is 0.167. The van der Waals surface area contributed by atoms with Crippen molar-refractivity contribution in [2.24, 2.45) is 5.92 Å². The number of nitrogens with zero attached hydrogens (tertiary/aromatic N) is 2. The molecule has 0 aromatic heterocycles. The Bertz CT molecular complexity index is 648. The second-order valence-corrected chi connectivity index (χ2v) is 9.75. The van der Waals surface area contributed by atoms with Gasteiger partial charge in [0.05, 0.1) is 11.9 Å². The molecule has 1 heterocycles. The summed E-state index contributed by atoms with van der Waals surface area (Å²) in [7, 11) is -1.40. The third-order valence-corrected chi connectivity index (χ3v) is 7.21. The van der Waals surface area contributed by atoms with Gasteiger partial charge in [-0.05, 0) is 69.3 Å². The fourth-order valence-electron chi connectivity index (χ4n) is 3.68. The van der Waals surface area contributed by atoms with Gasteiger partial charge in [-0.15, -0.1) is 0 Å². The molecule has 5 nitrogen and oxygen atoms in total. The van der Waals surface area contributed by atoms with Crippen LogP contribution in [-0.4, -0.2) is 56.2 Å². The summed E-state index contributed by atoms with van der Waals surface area (Å²) in [5.41, 5.74) is 1.34. The topological polar surface area (TPSA) is 49.9 Å². The number of rotatable bonds is 8. The van der Waals surface area contributed by atoms with Crippen LogP contribution in [-0.2, 0) is 16.6 Å². The van der Waals surface area contributed by atoms with E-state index in [4.69, 9.17) is 4.74 Å². The molecule has 1 aliphatic carbocycles. The largest absolute Gasteiger partial charge is 0.490 e. The van der Waals surface area contributed by atoms with Gasteiger partial charge in [0, 0.05) is 20.1 Å². The van der Waals surface area contributed by atoms with Crippen LogP contribution >= 0.6 is 0 Å². The second kappa shape index (κ2) is 8.06. The van der Waals surface area contributed by atoms with Crippen LogP contribution in [0.15, 0.2) is 24.3 Å². The third kappa shape index (κ3) is 4.96. The molecule has 1 aromatic rings. The number of benzene rings is 1. The summed E-state index contributed by atoms with van der Waals surface area (Å²) in [4.78, 5) is 2.49. The van der Waals surface area contributed by atoms with Crippen molar-refractivity contribution in [3.05, 3.63) is 29.8 Å². The fourth-order valence-corrected chi connectivity index (χ4v) is 4.56. The van der Waals surface area contributed by atoms with E-state index in [0.29, 0.717) is 12.5 Å². The molecule has 140 valence electrons. The van der Waals surface area contributed by atoms with Gasteiger partial charge in [0.2, 0.25) is 10.0 Å². The van der Waals surface area contributed by atoms with Gasteiger partial charge in [-0.2, -0.15) is 0 Å². The number of likely N-dealkylation sites (tertiary alicyclic amines) is 1. The smallest absolute Gasteiger partial charge is 0.213 e. The average Bonchev–Trinajstić information content (AvgIpc) is 3.07. The van der Waals surface area contributed by atoms with Crippen LogP contribution < -0.4 is 4.74 Å². The van der Waals surface area contributed by atoms with E-state index in [-0.39, 0.29) is 11.9 Å². The van der Waals surface area contributed by atoms with E-state index < -0.39 is 10.0 Å². The molecular formula is C19H30N2O3S. The van der Waals surface area contributed by atoms with Crippen LogP contribution in [0.1, 0.15) is 38.2 Å². The lowest BCUT2D eigenvalue weighted by atomic mass is 9.82. The zero-order valence-corrected chi connectivity index (χ0v) is 16.2. The maximum absolute atomic E-state index is 11.8. The number of ether oxygens (including phenoxy) is 1. The molecule has 1 aromatic carbocycles. The summed E-state index contributed by atoms with van der Waals surface area (Å²) in [6, 6.07) is 8.44. The zero-order valence-electron chi connectivity index (χ0n) is 15.4. The molecule has 0 bridgehead atoms. The maximum atomic E-state index is 11.8. The zero-order chi connectivity index (χ0) is 17.9. The van der Waals surface area contributed by atoms with Gasteiger partial charge in [0.1, 0.15) is 5.75 Å². The van der Waals surface area contributed by atoms with Crippen LogP contribution in [0.25, 0.3) is 0 Å². The molecule has 0 atom stereocenters. The summed E-state index contributed by atoms with van der Waals surface area (Å²) in [5.74, 6) is 1.49. The first-order valence-electron chi connectivity index (χ1n) is 9.38. The Balaban J connectivity index is 1.41. The van der Waals surface area contributed by atoms with Gasteiger partial charge in [-0.3, -0.25) is 4.90 Å². The molecule has 1 saturated carbocycles. The molecule has 1 aliphatic heterocycles. The van der Waals surface area contributed by atoms with E-state index in [9.17, 15) is 8.42 Å².